The van der Waals surface area contributed by atoms with Crippen molar-refractivity contribution in [3.8, 4) is 0 Å². The molecule has 0 fully saturated rings. The van der Waals surface area contributed by atoms with Crippen LogP contribution < -0.4 is 10.2 Å². The van der Waals surface area contributed by atoms with Gasteiger partial charge in [-0.25, -0.2) is 0 Å². The van der Waals surface area contributed by atoms with Crippen LogP contribution in [0.15, 0.2) is 67.3 Å². The fraction of sp³-hybridized carbons (Fsp3) is 0.200. The number of anilines is 1. The average molecular weight is 322 g/mol. The molecule has 2 amide bonds. The molecule has 0 bridgehead atoms. The lowest BCUT2D eigenvalue weighted by molar-refractivity contribution is -0.116. The predicted molar refractivity (Wildman–Crippen MR) is 96.9 cm³/mol. The van der Waals surface area contributed by atoms with Crippen LogP contribution in [0, 0.1) is 0 Å². The summed E-state index contributed by atoms with van der Waals surface area (Å²) in [6.45, 7) is 7.80. The Morgan fingerprint density at radius 3 is 2.25 bits per heavy atom. The molecule has 0 aliphatic heterocycles. The number of hydrogen-bond acceptors (Lipinski definition) is 2. The summed E-state index contributed by atoms with van der Waals surface area (Å²) in [5.74, 6) is -0.261. The molecule has 2 rings (SSSR count). The molecule has 4 heteroatoms. The normalized spacial score (nSPS) is 10.3. The first-order valence-corrected chi connectivity index (χ1v) is 7.90. The van der Waals surface area contributed by atoms with Gasteiger partial charge in [0.2, 0.25) is 5.91 Å². The monoisotopic (exact) mass is 322 g/mol. The van der Waals surface area contributed by atoms with E-state index in [1.807, 2.05) is 56.3 Å². The average Bonchev–Trinajstić information content (AvgIpc) is 2.60. The highest BCUT2D eigenvalue weighted by Crippen LogP contribution is 2.20. The smallest absolute Gasteiger partial charge is 0.258 e. The van der Waals surface area contributed by atoms with Gasteiger partial charge in [0.05, 0.1) is 0 Å². The van der Waals surface area contributed by atoms with E-state index < -0.39 is 0 Å². The maximum absolute atomic E-state index is 12.9. The molecule has 0 atom stereocenters. The van der Waals surface area contributed by atoms with Crippen LogP contribution in [0.2, 0.25) is 0 Å². The van der Waals surface area contributed by atoms with Crippen LogP contribution in [-0.2, 0) is 11.3 Å². The van der Waals surface area contributed by atoms with Crippen molar-refractivity contribution < 1.29 is 9.59 Å². The summed E-state index contributed by atoms with van der Waals surface area (Å²) in [6, 6.07) is 16.9. The van der Waals surface area contributed by atoms with Crippen molar-refractivity contribution in [2.45, 2.75) is 26.4 Å². The summed E-state index contributed by atoms with van der Waals surface area (Å²) in [5, 5.41) is 2.71. The molecule has 0 saturated heterocycles. The van der Waals surface area contributed by atoms with E-state index in [9.17, 15) is 9.59 Å². The van der Waals surface area contributed by atoms with Crippen LogP contribution in [0.4, 0.5) is 5.69 Å². The van der Waals surface area contributed by atoms with E-state index in [1.54, 1.807) is 17.0 Å². The van der Waals surface area contributed by atoms with Crippen LogP contribution >= 0.6 is 0 Å². The Hall–Kier alpha value is -2.88. The van der Waals surface area contributed by atoms with Gasteiger partial charge < -0.3 is 10.2 Å². The number of carbonyl (C=O) groups is 2. The lowest BCUT2D eigenvalue weighted by Gasteiger charge is -2.27. The standard InChI is InChI=1S/C20H22N2O2/c1-4-19(23)21-14-16-10-12-17(13-11-16)20(24)22(15(2)3)18-8-6-5-7-9-18/h4-13,15H,1,14H2,2-3H3,(H,21,23). The van der Waals surface area contributed by atoms with Crippen LogP contribution in [0.3, 0.4) is 0 Å². The second-order valence-electron chi connectivity index (χ2n) is 5.72. The quantitative estimate of drug-likeness (QED) is 0.827. The molecule has 0 aliphatic rings. The fourth-order valence-corrected chi connectivity index (χ4v) is 2.40. The van der Waals surface area contributed by atoms with Gasteiger partial charge in [-0.15, -0.1) is 0 Å². The van der Waals surface area contributed by atoms with Crippen molar-refractivity contribution >= 4 is 17.5 Å². The largest absolute Gasteiger partial charge is 0.348 e. The zero-order valence-electron chi connectivity index (χ0n) is 14.0. The van der Waals surface area contributed by atoms with Gasteiger partial charge in [0, 0.05) is 23.8 Å². The van der Waals surface area contributed by atoms with E-state index in [0.717, 1.165) is 11.3 Å². The minimum atomic E-state index is -0.217. The van der Waals surface area contributed by atoms with E-state index in [1.165, 1.54) is 6.08 Å². The SMILES string of the molecule is C=CC(=O)NCc1ccc(C(=O)N(c2ccccc2)C(C)C)cc1. The third kappa shape index (κ3) is 4.32. The molecule has 0 saturated carbocycles. The van der Waals surface area contributed by atoms with Crippen molar-refractivity contribution in [2.75, 3.05) is 4.90 Å². The maximum atomic E-state index is 12.9. The Labute approximate surface area is 142 Å². The summed E-state index contributed by atoms with van der Waals surface area (Å²) in [6.07, 6.45) is 1.23. The first kappa shape index (κ1) is 17.5. The molecule has 0 aliphatic carbocycles. The fourth-order valence-electron chi connectivity index (χ4n) is 2.40. The van der Waals surface area contributed by atoms with E-state index in [0.29, 0.717) is 12.1 Å². The van der Waals surface area contributed by atoms with Crippen LogP contribution in [-0.4, -0.2) is 17.9 Å². The molecule has 0 spiro atoms. The van der Waals surface area contributed by atoms with Gasteiger partial charge >= 0.3 is 0 Å². The Morgan fingerprint density at radius 2 is 1.71 bits per heavy atom. The second-order valence-corrected chi connectivity index (χ2v) is 5.72. The van der Waals surface area contributed by atoms with Crippen molar-refractivity contribution in [1.29, 1.82) is 0 Å². The summed E-state index contributed by atoms with van der Waals surface area (Å²) < 4.78 is 0. The maximum Gasteiger partial charge on any atom is 0.258 e. The zero-order valence-corrected chi connectivity index (χ0v) is 14.0. The van der Waals surface area contributed by atoms with Crippen molar-refractivity contribution in [2.24, 2.45) is 0 Å². The molecule has 4 nitrogen and oxygen atoms in total. The first-order chi connectivity index (χ1) is 11.5. The molecular formula is C20H22N2O2. The number of nitrogens with zero attached hydrogens (tertiary/aromatic N) is 1. The minimum Gasteiger partial charge on any atom is -0.348 e. The molecule has 1 N–H and O–H groups in total. The topological polar surface area (TPSA) is 49.4 Å². The number of nitrogens with one attached hydrogen (secondary N) is 1. The number of hydrogen-bond donors (Lipinski definition) is 1. The van der Waals surface area contributed by atoms with E-state index in [4.69, 9.17) is 0 Å². The Balaban J connectivity index is 2.16. The van der Waals surface area contributed by atoms with Gasteiger partial charge in [-0.05, 0) is 49.8 Å². The van der Waals surface area contributed by atoms with Gasteiger partial charge in [-0.1, -0.05) is 36.9 Å². The first-order valence-electron chi connectivity index (χ1n) is 7.90. The second kappa shape index (κ2) is 8.11. The van der Waals surface area contributed by atoms with Crippen molar-refractivity contribution in [1.82, 2.24) is 5.32 Å². The number of carbonyl (C=O) groups excluding carboxylic acids is 2. The highest BCUT2D eigenvalue weighted by Gasteiger charge is 2.20. The third-order valence-corrected chi connectivity index (χ3v) is 3.62. The van der Waals surface area contributed by atoms with Crippen molar-refractivity contribution in [3.63, 3.8) is 0 Å². The number of benzene rings is 2. The van der Waals surface area contributed by atoms with Crippen LogP contribution in [0.25, 0.3) is 0 Å². The molecular weight excluding hydrogens is 300 g/mol. The number of para-hydroxylation sites is 1. The Bertz CT molecular complexity index is 706. The predicted octanol–water partition coefficient (Wildman–Crippen LogP) is 3.54. The minimum absolute atomic E-state index is 0.0436. The Morgan fingerprint density at radius 1 is 1.08 bits per heavy atom. The summed E-state index contributed by atoms with van der Waals surface area (Å²) in [4.78, 5) is 25.8. The molecule has 0 radical (unpaired) electrons. The lowest BCUT2D eigenvalue weighted by atomic mass is 10.1. The van der Waals surface area contributed by atoms with Gasteiger partial charge in [-0.2, -0.15) is 0 Å². The molecule has 0 heterocycles. The van der Waals surface area contributed by atoms with E-state index in [2.05, 4.69) is 11.9 Å². The van der Waals surface area contributed by atoms with E-state index >= 15 is 0 Å². The molecule has 2 aromatic rings. The molecule has 0 aromatic heterocycles. The molecule has 124 valence electrons. The Kier molecular flexibility index (Phi) is 5.90. The van der Waals surface area contributed by atoms with Crippen LogP contribution in [0.5, 0.6) is 0 Å². The summed E-state index contributed by atoms with van der Waals surface area (Å²) in [7, 11) is 0. The highest BCUT2D eigenvalue weighted by molar-refractivity contribution is 6.06. The number of amides is 2. The molecule has 24 heavy (non-hydrogen) atoms. The highest BCUT2D eigenvalue weighted by atomic mass is 16.2. The lowest BCUT2D eigenvalue weighted by Crippen LogP contribution is -2.37. The van der Waals surface area contributed by atoms with Gasteiger partial charge in [0.15, 0.2) is 0 Å². The van der Waals surface area contributed by atoms with Crippen molar-refractivity contribution in [3.05, 3.63) is 78.4 Å². The summed E-state index contributed by atoms with van der Waals surface area (Å²) in [5.41, 5.74) is 2.42. The number of rotatable bonds is 6. The van der Waals surface area contributed by atoms with Gasteiger partial charge in [0.25, 0.3) is 5.91 Å². The molecule has 2 aromatic carbocycles. The van der Waals surface area contributed by atoms with Gasteiger partial charge in [-0.3, -0.25) is 9.59 Å². The zero-order chi connectivity index (χ0) is 17.5. The third-order valence-electron chi connectivity index (χ3n) is 3.62. The summed E-state index contributed by atoms with van der Waals surface area (Å²) >= 11 is 0. The van der Waals surface area contributed by atoms with Gasteiger partial charge in [0.1, 0.15) is 0 Å². The van der Waals surface area contributed by atoms with E-state index in [-0.39, 0.29) is 17.9 Å². The molecule has 0 unspecified atom stereocenters. The van der Waals surface area contributed by atoms with Crippen LogP contribution in [0.1, 0.15) is 29.8 Å².